The van der Waals surface area contributed by atoms with Crippen LogP contribution in [0.3, 0.4) is 0 Å². The molecule has 1 heterocycles. The maximum atomic E-state index is 11.5. The molecule has 0 fully saturated rings. The minimum Gasteiger partial charge on any atom is -0.477 e. The largest absolute Gasteiger partial charge is 0.477 e. The predicted octanol–water partition coefficient (Wildman–Crippen LogP) is 5.63. The molecular formula is C16H11Cl2NO2S. The minimum atomic E-state index is -0.989. The lowest BCUT2D eigenvalue weighted by Gasteiger charge is -2.04. The van der Waals surface area contributed by atoms with Gasteiger partial charge < -0.3 is 10.1 Å². The zero-order chi connectivity index (χ0) is 15.9. The molecule has 1 aromatic heterocycles. The van der Waals surface area contributed by atoms with Gasteiger partial charge in [-0.2, -0.15) is 0 Å². The number of carboxylic acids is 1. The first-order valence-electron chi connectivity index (χ1n) is 6.44. The molecule has 0 aliphatic rings. The standard InChI is InChI=1S/C16H11Cl2NO2S/c1-8-2-4-10-13(6-8)19-14(16(20)21)15(10)22-9-3-5-11(17)12(18)7-9/h2-7,19H,1H3,(H,20,21). The highest BCUT2D eigenvalue weighted by molar-refractivity contribution is 7.99. The van der Waals surface area contributed by atoms with E-state index in [0.29, 0.717) is 14.9 Å². The third-order valence-corrected chi connectivity index (χ3v) is 5.09. The van der Waals surface area contributed by atoms with E-state index in [2.05, 4.69) is 4.98 Å². The summed E-state index contributed by atoms with van der Waals surface area (Å²) in [5.41, 5.74) is 2.05. The zero-order valence-corrected chi connectivity index (χ0v) is 13.8. The van der Waals surface area contributed by atoms with Gasteiger partial charge in [0.1, 0.15) is 5.69 Å². The van der Waals surface area contributed by atoms with Crippen molar-refractivity contribution in [3.8, 4) is 0 Å². The number of carboxylic acid groups (broad SMARTS) is 1. The number of halogens is 2. The maximum Gasteiger partial charge on any atom is 0.353 e. The Morgan fingerprint density at radius 1 is 1.14 bits per heavy atom. The van der Waals surface area contributed by atoms with Gasteiger partial charge in [-0.05, 0) is 36.8 Å². The number of hydrogen-bond donors (Lipinski definition) is 2. The van der Waals surface area contributed by atoms with Gasteiger partial charge in [0.2, 0.25) is 0 Å². The van der Waals surface area contributed by atoms with Crippen LogP contribution in [0.15, 0.2) is 46.2 Å². The Balaban J connectivity index is 2.13. The number of aromatic nitrogens is 1. The normalized spacial score (nSPS) is 11.0. The lowest BCUT2D eigenvalue weighted by atomic mass is 10.2. The highest BCUT2D eigenvalue weighted by atomic mass is 35.5. The molecule has 0 aliphatic heterocycles. The molecule has 0 radical (unpaired) electrons. The summed E-state index contributed by atoms with van der Waals surface area (Å²) in [6.45, 7) is 1.96. The molecular weight excluding hydrogens is 341 g/mol. The van der Waals surface area contributed by atoms with E-state index in [1.54, 1.807) is 12.1 Å². The Morgan fingerprint density at radius 2 is 1.91 bits per heavy atom. The maximum absolute atomic E-state index is 11.5. The van der Waals surface area contributed by atoms with E-state index in [0.717, 1.165) is 21.4 Å². The van der Waals surface area contributed by atoms with Crippen LogP contribution in [0.1, 0.15) is 16.1 Å². The molecule has 3 aromatic rings. The van der Waals surface area contributed by atoms with Crippen molar-refractivity contribution in [3.05, 3.63) is 57.7 Å². The van der Waals surface area contributed by atoms with E-state index in [9.17, 15) is 9.90 Å². The Hall–Kier alpha value is -1.62. The monoisotopic (exact) mass is 351 g/mol. The number of aromatic carboxylic acids is 1. The van der Waals surface area contributed by atoms with Crippen LogP contribution in [0.4, 0.5) is 0 Å². The summed E-state index contributed by atoms with van der Waals surface area (Å²) >= 11 is 13.3. The number of aryl methyl sites for hydroxylation is 1. The summed E-state index contributed by atoms with van der Waals surface area (Å²) in [5, 5.41) is 11.2. The van der Waals surface area contributed by atoms with Crippen LogP contribution in [0.2, 0.25) is 10.0 Å². The van der Waals surface area contributed by atoms with Gasteiger partial charge in [0.15, 0.2) is 0 Å². The predicted molar refractivity (Wildman–Crippen MR) is 90.6 cm³/mol. The van der Waals surface area contributed by atoms with Gasteiger partial charge >= 0.3 is 5.97 Å². The smallest absolute Gasteiger partial charge is 0.353 e. The van der Waals surface area contributed by atoms with Crippen molar-refractivity contribution in [3.63, 3.8) is 0 Å². The molecule has 6 heteroatoms. The molecule has 0 amide bonds. The van der Waals surface area contributed by atoms with E-state index >= 15 is 0 Å². The van der Waals surface area contributed by atoms with E-state index < -0.39 is 5.97 Å². The lowest BCUT2D eigenvalue weighted by molar-refractivity contribution is 0.0688. The number of hydrogen-bond acceptors (Lipinski definition) is 2. The first kappa shape index (κ1) is 15.3. The fourth-order valence-electron chi connectivity index (χ4n) is 2.20. The van der Waals surface area contributed by atoms with Crippen molar-refractivity contribution in [2.75, 3.05) is 0 Å². The molecule has 2 N–H and O–H groups in total. The van der Waals surface area contributed by atoms with Gasteiger partial charge in [-0.1, -0.05) is 47.1 Å². The Bertz CT molecular complexity index is 889. The van der Waals surface area contributed by atoms with Crippen molar-refractivity contribution in [2.45, 2.75) is 16.7 Å². The summed E-state index contributed by atoms with van der Waals surface area (Å²) in [6, 6.07) is 11.1. The second-order valence-electron chi connectivity index (χ2n) is 4.86. The Morgan fingerprint density at radius 3 is 2.59 bits per heavy atom. The number of H-pyrrole nitrogens is 1. The fraction of sp³-hybridized carbons (Fsp3) is 0.0625. The molecule has 22 heavy (non-hydrogen) atoms. The van der Waals surface area contributed by atoms with Crippen LogP contribution in [0.25, 0.3) is 10.9 Å². The molecule has 0 bridgehead atoms. The summed E-state index contributed by atoms with van der Waals surface area (Å²) in [4.78, 5) is 16.0. The van der Waals surface area contributed by atoms with Crippen LogP contribution < -0.4 is 0 Å². The average molecular weight is 352 g/mol. The van der Waals surface area contributed by atoms with Gasteiger partial charge in [0, 0.05) is 15.8 Å². The van der Waals surface area contributed by atoms with Gasteiger partial charge in [-0.3, -0.25) is 0 Å². The zero-order valence-electron chi connectivity index (χ0n) is 11.5. The quantitative estimate of drug-likeness (QED) is 0.642. The number of aromatic amines is 1. The van der Waals surface area contributed by atoms with E-state index in [-0.39, 0.29) is 5.69 Å². The highest BCUT2D eigenvalue weighted by Crippen LogP contribution is 2.38. The van der Waals surface area contributed by atoms with Gasteiger partial charge in [-0.25, -0.2) is 4.79 Å². The summed E-state index contributed by atoms with van der Waals surface area (Å²) in [7, 11) is 0. The van der Waals surface area contributed by atoms with Crippen molar-refractivity contribution >= 4 is 51.8 Å². The minimum absolute atomic E-state index is 0.177. The second kappa shape index (κ2) is 5.88. The molecule has 3 nitrogen and oxygen atoms in total. The highest BCUT2D eigenvalue weighted by Gasteiger charge is 2.18. The van der Waals surface area contributed by atoms with Crippen LogP contribution in [-0.4, -0.2) is 16.1 Å². The van der Waals surface area contributed by atoms with Crippen LogP contribution in [-0.2, 0) is 0 Å². The molecule has 3 rings (SSSR count). The van der Waals surface area contributed by atoms with Crippen LogP contribution in [0.5, 0.6) is 0 Å². The van der Waals surface area contributed by atoms with Crippen LogP contribution in [0, 0.1) is 6.92 Å². The molecule has 0 aliphatic carbocycles. The van der Waals surface area contributed by atoms with Crippen molar-refractivity contribution in [1.82, 2.24) is 4.98 Å². The Kier molecular flexibility index (Phi) is 4.08. The van der Waals surface area contributed by atoms with Crippen molar-refractivity contribution in [1.29, 1.82) is 0 Å². The number of nitrogens with one attached hydrogen (secondary N) is 1. The van der Waals surface area contributed by atoms with Gasteiger partial charge in [0.25, 0.3) is 0 Å². The third-order valence-electron chi connectivity index (χ3n) is 3.23. The van der Waals surface area contributed by atoms with Crippen molar-refractivity contribution < 1.29 is 9.90 Å². The number of rotatable bonds is 3. The third kappa shape index (κ3) is 2.82. The molecule has 0 unspecified atom stereocenters. The molecule has 0 saturated carbocycles. The average Bonchev–Trinajstić information content (AvgIpc) is 2.81. The Labute approximate surface area is 141 Å². The first-order valence-corrected chi connectivity index (χ1v) is 8.01. The summed E-state index contributed by atoms with van der Waals surface area (Å²) in [6.07, 6.45) is 0. The van der Waals surface area contributed by atoms with E-state index in [1.807, 2.05) is 31.2 Å². The van der Waals surface area contributed by atoms with Gasteiger partial charge in [-0.15, -0.1) is 0 Å². The van der Waals surface area contributed by atoms with Crippen molar-refractivity contribution in [2.24, 2.45) is 0 Å². The molecule has 0 saturated heterocycles. The lowest BCUT2D eigenvalue weighted by Crippen LogP contribution is -1.97. The summed E-state index contributed by atoms with van der Waals surface area (Å²) < 4.78 is 0. The molecule has 2 aromatic carbocycles. The SMILES string of the molecule is Cc1ccc2c(Sc3ccc(Cl)c(Cl)c3)c(C(=O)O)[nH]c2c1. The molecule has 0 spiro atoms. The number of benzene rings is 2. The number of fused-ring (bicyclic) bond motifs is 1. The van der Waals surface area contributed by atoms with Crippen LogP contribution >= 0.6 is 35.0 Å². The summed E-state index contributed by atoms with van der Waals surface area (Å²) in [5.74, 6) is -0.989. The molecule has 112 valence electrons. The molecule has 0 atom stereocenters. The van der Waals surface area contributed by atoms with E-state index in [4.69, 9.17) is 23.2 Å². The van der Waals surface area contributed by atoms with Gasteiger partial charge in [0.05, 0.1) is 14.9 Å². The second-order valence-corrected chi connectivity index (χ2v) is 6.76. The topological polar surface area (TPSA) is 53.1 Å². The fourth-order valence-corrected chi connectivity index (χ4v) is 3.64. The number of carbonyl (C=O) groups is 1. The van der Waals surface area contributed by atoms with E-state index in [1.165, 1.54) is 11.8 Å². The first-order chi connectivity index (χ1) is 10.5.